The number of hydrogen-bond donors (Lipinski definition) is 3. The monoisotopic (exact) mass is 272 g/mol. The second-order valence-electron chi connectivity index (χ2n) is 5.48. The van der Waals surface area contributed by atoms with Crippen LogP contribution in [0.25, 0.3) is 22.1 Å². The van der Waals surface area contributed by atoms with Crippen LogP contribution < -0.4 is 5.69 Å². The zero-order valence-corrected chi connectivity index (χ0v) is 11.0. The van der Waals surface area contributed by atoms with Gasteiger partial charge in [-0.05, 0) is 18.9 Å². The van der Waals surface area contributed by atoms with Crippen molar-refractivity contribution >= 4 is 22.1 Å². The van der Waals surface area contributed by atoms with Gasteiger partial charge in [0.15, 0.2) is 0 Å². The summed E-state index contributed by atoms with van der Waals surface area (Å²) in [5.74, 6) is 0. The van der Waals surface area contributed by atoms with Crippen LogP contribution in [0.1, 0.15) is 31.7 Å². The molecule has 1 aliphatic rings. The number of pyridine rings is 1. The van der Waals surface area contributed by atoms with Gasteiger partial charge in [-0.25, -0.2) is 9.78 Å². The quantitative estimate of drug-likeness (QED) is 0.630. The maximum atomic E-state index is 12.3. The van der Waals surface area contributed by atoms with Gasteiger partial charge in [-0.3, -0.25) is 4.57 Å². The molecule has 0 radical (unpaired) electrons. The van der Waals surface area contributed by atoms with Gasteiger partial charge in [0.1, 0.15) is 5.65 Å². The fourth-order valence-electron chi connectivity index (χ4n) is 3.33. The molecule has 0 aromatic carbocycles. The Hall–Kier alpha value is -2.08. The molecule has 104 valence electrons. The smallest absolute Gasteiger partial charge is 0.326 e. The highest BCUT2D eigenvalue weighted by Crippen LogP contribution is 2.31. The third-order valence-corrected chi connectivity index (χ3v) is 4.29. The Bertz CT molecular complexity index is 829. The molecular weight excluding hydrogens is 256 g/mol. The lowest BCUT2D eigenvalue weighted by atomic mass is 9.92. The Labute approximate surface area is 114 Å². The average Bonchev–Trinajstić information content (AvgIpc) is 3.02. The van der Waals surface area contributed by atoms with Crippen molar-refractivity contribution in [3.05, 3.63) is 28.9 Å². The lowest BCUT2D eigenvalue weighted by Gasteiger charge is -2.28. The molecule has 0 spiro atoms. The van der Waals surface area contributed by atoms with E-state index in [9.17, 15) is 9.90 Å². The molecular formula is C14H16N4O2. The van der Waals surface area contributed by atoms with Gasteiger partial charge in [-0.15, -0.1) is 0 Å². The molecule has 1 aliphatic carbocycles. The minimum Gasteiger partial charge on any atom is -0.391 e. The van der Waals surface area contributed by atoms with Crippen molar-refractivity contribution in [2.45, 2.75) is 37.8 Å². The van der Waals surface area contributed by atoms with Crippen LogP contribution in [0.4, 0.5) is 0 Å². The molecule has 0 bridgehead atoms. The first-order valence-electron chi connectivity index (χ1n) is 7.00. The minimum absolute atomic E-state index is 0.148. The summed E-state index contributed by atoms with van der Waals surface area (Å²) in [4.78, 5) is 22.5. The summed E-state index contributed by atoms with van der Waals surface area (Å²) in [6.07, 6.45) is 6.69. The van der Waals surface area contributed by atoms with E-state index >= 15 is 0 Å². The molecule has 0 aliphatic heterocycles. The van der Waals surface area contributed by atoms with Crippen molar-refractivity contribution in [3.8, 4) is 0 Å². The first-order chi connectivity index (χ1) is 9.75. The van der Waals surface area contributed by atoms with Crippen LogP contribution in [0.5, 0.6) is 0 Å². The number of aliphatic hydroxyl groups is 1. The highest BCUT2D eigenvalue weighted by atomic mass is 16.3. The Morgan fingerprint density at radius 2 is 2.20 bits per heavy atom. The number of aromatic nitrogens is 4. The van der Waals surface area contributed by atoms with Gasteiger partial charge in [0.2, 0.25) is 0 Å². The summed E-state index contributed by atoms with van der Waals surface area (Å²) >= 11 is 0. The van der Waals surface area contributed by atoms with Crippen molar-refractivity contribution in [2.24, 2.45) is 0 Å². The highest BCUT2D eigenvalue weighted by Gasteiger charge is 2.28. The van der Waals surface area contributed by atoms with E-state index in [1.807, 2.05) is 12.3 Å². The van der Waals surface area contributed by atoms with Gasteiger partial charge in [0.25, 0.3) is 0 Å². The van der Waals surface area contributed by atoms with Crippen molar-refractivity contribution < 1.29 is 5.11 Å². The predicted octanol–water partition coefficient (Wildman–Crippen LogP) is 1.68. The summed E-state index contributed by atoms with van der Waals surface area (Å²) in [5.41, 5.74) is 2.16. The van der Waals surface area contributed by atoms with Crippen molar-refractivity contribution in [3.63, 3.8) is 0 Å². The molecule has 3 N–H and O–H groups in total. The Morgan fingerprint density at radius 3 is 3.05 bits per heavy atom. The summed E-state index contributed by atoms with van der Waals surface area (Å²) in [5, 5.41) is 11.2. The second-order valence-corrected chi connectivity index (χ2v) is 5.48. The van der Waals surface area contributed by atoms with Gasteiger partial charge in [-0.1, -0.05) is 12.8 Å². The van der Waals surface area contributed by atoms with Crippen LogP contribution in [0.15, 0.2) is 23.3 Å². The molecule has 6 nitrogen and oxygen atoms in total. The Balaban J connectivity index is 2.04. The van der Waals surface area contributed by atoms with E-state index < -0.39 is 6.10 Å². The average molecular weight is 272 g/mol. The van der Waals surface area contributed by atoms with Crippen LogP contribution in [0.3, 0.4) is 0 Å². The SMILES string of the molecule is O=c1[nH]c2cnc3[nH]ccc3c2n1C1CCCC[C@H]1O. The van der Waals surface area contributed by atoms with Crippen LogP contribution in [-0.4, -0.2) is 30.7 Å². The molecule has 6 heteroatoms. The van der Waals surface area contributed by atoms with Crippen LogP contribution in [0, 0.1) is 0 Å². The number of hydrogen-bond acceptors (Lipinski definition) is 3. The van der Waals surface area contributed by atoms with Gasteiger partial charge >= 0.3 is 5.69 Å². The summed E-state index contributed by atoms with van der Waals surface area (Å²) in [6, 6.07) is 1.77. The van der Waals surface area contributed by atoms with Crippen molar-refractivity contribution in [1.29, 1.82) is 0 Å². The zero-order valence-electron chi connectivity index (χ0n) is 11.0. The minimum atomic E-state index is -0.456. The number of H-pyrrole nitrogens is 2. The number of nitrogens with zero attached hydrogens (tertiary/aromatic N) is 2. The third kappa shape index (κ3) is 1.54. The number of rotatable bonds is 1. The van der Waals surface area contributed by atoms with E-state index in [-0.39, 0.29) is 11.7 Å². The largest absolute Gasteiger partial charge is 0.391 e. The number of aromatic amines is 2. The zero-order chi connectivity index (χ0) is 13.7. The number of aliphatic hydroxyl groups excluding tert-OH is 1. The molecule has 3 aromatic rings. The van der Waals surface area contributed by atoms with E-state index in [2.05, 4.69) is 15.0 Å². The first kappa shape index (κ1) is 11.7. The molecule has 2 atom stereocenters. The van der Waals surface area contributed by atoms with E-state index in [4.69, 9.17) is 0 Å². The third-order valence-electron chi connectivity index (χ3n) is 4.29. The van der Waals surface area contributed by atoms with E-state index in [0.717, 1.165) is 47.8 Å². The Kier molecular flexibility index (Phi) is 2.47. The molecule has 0 amide bonds. The predicted molar refractivity (Wildman–Crippen MR) is 75.7 cm³/mol. The van der Waals surface area contributed by atoms with E-state index in [1.165, 1.54) is 0 Å². The topological polar surface area (TPSA) is 86.7 Å². The normalized spacial score (nSPS) is 23.6. The molecule has 1 saturated carbocycles. The lowest BCUT2D eigenvalue weighted by molar-refractivity contribution is 0.0759. The van der Waals surface area contributed by atoms with E-state index in [1.54, 1.807) is 10.8 Å². The van der Waals surface area contributed by atoms with Crippen molar-refractivity contribution in [2.75, 3.05) is 0 Å². The van der Waals surface area contributed by atoms with Gasteiger partial charge in [0.05, 0.1) is 29.4 Å². The summed E-state index contributed by atoms with van der Waals surface area (Å²) < 4.78 is 1.72. The molecule has 20 heavy (non-hydrogen) atoms. The summed E-state index contributed by atoms with van der Waals surface area (Å²) in [6.45, 7) is 0. The fraction of sp³-hybridized carbons (Fsp3) is 0.429. The summed E-state index contributed by atoms with van der Waals surface area (Å²) in [7, 11) is 0. The maximum absolute atomic E-state index is 12.3. The maximum Gasteiger partial charge on any atom is 0.326 e. The van der Waals surface area contributed by atoms with Crippen LogP contribution in [0.2, 0.25) is 0 Å². The lowest BCUT2D eigenvalue weighted by Crippen LogP contribution is -2.33. The van der Waals surface area contributed by atoms with Crippen LogP contribution >= 0.6 is 0 Å². The highest BCUT2D eigenvalue weighted by molar-refractivity contribution is 6.00. The second kappa shape index (κ2) is 4.21. The van der Waals surface area contributed by atoms with Gasteiger partial charge < -0.3 is 15.1 Å². The number of fused-ring (bicyclic) bond motifs is 3. The fourth-order valence-corrected chi connectivity index (χ4v) is 3.33. The van der Waals surface area contributed by atoms with Gasteiger partial charge in [-0.2, -0.15) is 0 Å². The molecule has 1 fully saturated rings. The molecule has 0 saturated heterocycles. The van der Waals surface area contributed by atoms with Crippen molar-refractivity contribution in [1.82, 2.24) is 19.5 Å². The number of imidazole rings is 1. The molecule has 4 rings (SSSR count). The van der Waals surface area contributed by atoms with E-state index in [0.29, 0.717) is 0 Å². The number of nitrogens with one attached hydrogen (secondary N) is 2. The van der Waals surface area contributed by atoms with Crippen LogP contribution in [-0.2, 0) is 0 Å². The molecule has 3 heterocycles. The molecule has 1 unspecified atom stereocenters. The Morgan fingerprint density at radius 1 is 1.35 bits per heavy atom. The van der Waals surface area contributed by atoms with Gasteiger partial charge in [0, 0.05) is 11.6 Å². The molecule has 3 aromatic heterocycles. The first-order valence-corrected chi connectivity index (χ1v) is 7.00. The standard InChI is InChI=1S/C14H16N4O2/c19-11-4-2-1-3-10(11)18-12-8-5-6-15-13(8)16-7-9(12)17-14(18)20/h5-7,10-11,19H,1-4H2,(H,15,16)(H,17,20)/t10?,11-/m1/s1.